The zero-order valence-electron chi connectivity index (χ0n) is 10.4. The Morgan fingerprint density at radius 1 is 1.24 bits per heavy atom. The molecular formula is C12H20N2O3. The number of piperidine rings is 1. The average molecular weight is 240 g/mol. The van der Waals surface area contributed by atoms with Gasteiger partial charge in [0.1, 0.15) is 0 Å². The summed E-state index contributed by atoms with van der Waals surface area (Å²) in [6, 6.07) is 0.289. The van der Waals surface area contributed by atoms with Gasteiger partial charge in [-0.1, -0.05) is 6.92 Å². The number of amides is 2. The van der Waals surface area contributed by atoms with Crippen LogP contribution in [0.5, 0.6) is 0 Å². The molecule has 2 fully saturated rings. The number of urea groups is 1. The molecule has 0 aromatic carbocycles. The van der Waals surface area contributed by atoms with Gasteiger partial charge in [0, 0.05) is 25.7 Å². The van der Waals surface area contributed by atoms with E-state index < -0.39 is 5.97 Å². The molecule has 1 N–H and O–H groups in total. The monoisotopic (exact) mass is 240 g/mol. The molecule has 17 heavy (non-hydrogen) atoms. The SMILES string of the molecule is CC1CCN(C(=O)N2CC(C(=O)O)C2)C(C)C1. The first-order valence-electron chi connectivity index (χ1n) is 6.27. The minimum Gasteiger partial charge on any atom is -0.481 e. The summed E-state index contributed by atoms with van der Waals surface area (Å²) in [5.41, 5.74) is 0. The van der Waals surface area contributed by atoms with E-state index >= 15 is 0 Å². The van der Waals surface area contributed by atoms with Crippen LogP contribution in [0.2, 0.25) is 0 Å². The summed E-state index contributed by atoms with van der Waals surface area (Å²) in [5, 5.41) is 8.78. The highest BCUT2D eigenvalue weighted by Gasteiger charge is 2.39. The first-order chi connectivity index (χ1) is 7.99. The molecular weight excluding hydrogens is 220 g/mol. The number of hydrogen-bond acceptors (Lipinski definition) is 2. The fourth-order valence-electron chi connectivity index (χ4n) is 2.66. The molecule has 5 nitrogen and oxygen atoms in total. The van der Waals surface area contributed by atoms with E-state index in [0.29, 0.717) is 19.0 Å². The first kappa shape index (κ1) is 12.2. The lowest BCUT2D eigenvalue weighted by atomic mass is 9.93. The van der Waals surface area contributed by atoms with Crippen molar-refractivity contribution in [1.82, 2.24) is 9.80 Å². The second-order valence-electron chi connectivity index (χ2n) is 5.39. The van der Waals surface area contributed by atoms with Crippen LogP contribution in [0, 0.1) is 11.8 Å². The highest BCUT2D eigenvalue weighted by Crippen LogP contribution is 2.25. The molecule has 2 saturated heterocycles. The van der Waals surface area contributed by atoms with E-state index in [0.717, 1.165) is 19.4 Å². The highest BCUT2D eigenvalue weighted by molar-refractivity contribution is 5.80. The minimum atomic E-state index is -0.797. The summed E-state index contributed by atoms with van der Waals surface area (Å²) in [5.74, 6) is -0.482. The summed E-state index contributed by atoms with van der Waals surface area (Å²) in [4.78, 5) is 26.3. The number of carbonyl (C=O) groups is 2. The number of likely N-dealkylation sites (tertiary alicyclic amines) is 2. The summed E-state index contributed by atoms with van der Waals surface area (Å²) >= 11 is 0. The molecule has 2 atom stereocenters. The number of aliphatic carboxylic acids is 1. The van der Waals surface area contributed by atoms with Gasteiger partial charge < -0.3 is 14.9 Å². The molecule has 0 aliphatic carbocycles. The Morgan fingerprint density at radius 3 is 2.41 bits per heavy atom. The number of hydrogen-bond donors (Lipinski definition) is 1. The zero-order valence-corrected chi connectivity index (χ0v) is 10.4. The minimum absolute atomic E-state index is 0.0156. The molecule has 2 heterocycles. The number of carboxylic acids is 1. The predicted molar refractivity (Wildman–Crippen MR) is 62.7 cm³/mol. The second-order valence-corrected chi connectivity index (χ2v) is 5.39. The van der Waals surface area contributed by atoms with Crippen molar-refractivity contribution in [2.45, 2.75) is 32.7 Å². The summed E-state index contributed by atoms with van der Waals surface area (Å²) < 4.78 is 0. The fourth-order valence-corrected chi connectivity index (χ4v) is 2.66. The third-order valence-corrected chi connectivity index (χ3v) is 3.89. The van der Waals surface area contributed by atoms with Crippen molar-refractivity contribution in [3.8, 4) is 0 Å². The van der Waals surface area contributed by atoms with Crippen molar-refractivity contribution in [2.24, 2.45) is 11.8 Å². The van der Waals surface area contributed by atoms with Crippen LogP contribution in [0.25, 0.3) is 0 Å². The van der Waals surface area contributed by atoms with Gasteiger partial charge in [-0.15, -0.1) is 0 Å². The Balaban J connectivity index is 1.87. The molecule has 0 radical (unpaired) electrons. The molecule has 2 aliphatic rings. The number of nitrogens with zero attached hydrogens (tertiary/aromatic N) is 2. The van der Waals surface area contributed by atoms with Crippen LogP contribution >= 0.6 is 0 Å². The Labute approximate surface area is 101 Å². The highest BCUT2D eigenvalue weighted by atomic mass is 16.4. The predicted octanol–water partition coefficient (Wildman–Crippen LogP) is 1.24. The van der Waals surface area contributed by atoms with Gasteiger partial charge in [-0.2, -0.15) is 0 Å². The van der Waals surface area contributed by atoms with Crippen LogP contribution in [-0.4, -0.2) is 52.6 Å². The van der Waals surface area contributed by atoms with Crippen molar-refractivity contribution in [1.29, 1.82) is 0 Å². The molecule has 2 rings (SSSR count). The Bertz CT molecular complexity index is 326. The zero-order chi connectivity index (χ0) is 12.6. The lowest BCUT2D eigenvalue weighted by Gasteiger charge is -2.44. The van der Waals surface area contributed by atoms with Crippen LogP contribution in [0.3, 0.4) is 0 Å². The third-order valence-electron chi connectivity index (χ3n) is 3.89. The van der Waals surface area contributed by atoms with Crippen molar-refractivity contribution < 1.29 is 14.7 Å². The van der Waals surface area contributed by atoms with Gasteiger partial charge in [-0.3, -0.25) is 4.79 Å². The fraction of sp³-hybridized carbons (Fsp3) is 0.833. The van der Waals surface area contributed by atoms with Gasteiger partial charge in [0.2, 0.25) is 0 Å². The van der Waals surface area contributed by atoms with Gasteiger partial charge in [-0.25, -0.2) is 4.79 Å². The van der Waals surface area contributed by atoms with Gasteiger partial charge in [0.05, 0.1) is 5.92 Å². The molecule has 0 aromatic rings. The molecule has 96 valence electrons. The smallest absolute Gasteiger partial charge is 0.320 e. The lowest BCUT2D eigenvalue weighted by Crippen LogP contribution is -2.59. The molecule has 0 saturated carbocycles. The van der Waals surface area contributed by atoms with E-state index in [9.17, 15) is 9.59 Å². The molecule has 5 heteroatoms. The first-order valence-corrected chi connectivity index (χ1v) is 6.27. The Hall–Kier alpha value is -1.26. The van der Waals surface area contributed by atoms with Crippen LogP contribution < -0.4 is 0 Å². The van der Waals surface area contributed by atoms with E-state index in [1.165, 1.54) is 0 Å². The number of carbonyl (C=O) groups excluding carboxylic acids is 1. The molecule has 0 aromatic heterocycles. The van der Waals surface area contributed by atoms with Crippen molar-refractivity contribution in [3.63, 3.8) is 0 Å². The standard InChI is InChI=1S/C12H20N2O3/c1-8-3-4-14(9(2)5-8)12(17)13-6-10(7-13)11(15)16/h8-10H,3-7H2,1-2H3,(H,15,16). The van der Waals surface area contributed by atoms with Crippen LogP contribution in [0.15, 0.2) is 0 Å². The summed E-state index contributed by atoms with van der Waals surface area (Å²) in [6.45, 7) is 5.82. The maximum Gasteiger partial charge on any atom is 0.320 e. The molecule has 0 bridgehead atoms. The van der Waals surface area contributed by atoms with E-state index in [-0.39, 0.29) is 18.0 Å². The largest absolute Gasteiger partial charge is 0.481 e. The van der Waals surface area contributed by atoms with Gasteiger partial charge in [-0.05, 0) is 25.7 Å². The average Bonchev–Trinajstić information content (AvgIpc) is 2.13. The second kappa shape index (κ2) is 4.55. The number of rotatable bonds is 1. The van der Waals surface area contributed by atoms with E-state index in [1.54, 1.807) is 4.90 Å². The molecule has 0 spiro atoms. The number of carboxylic acid groups (broad SMARTS) is 1. The van der Waals surface area contributed by atoms with Gasteiger partial charge in [0.25, 0.3) is 0 Å². The van der Waals surface area contributed by atoms with E-state index in [4.69, 9.17) is 5.11 Å². The van der Waals surface area contributed by atoms with Gasteiger partial charge in [0.15, 0.2) is 0 Å². The summed E-state index contributed by atoms with van der Waals surface area (Å²) in [6.07, 6.45) is 2.09. The maximum atomic E-state index is 12.1. The Kier molecular flexibility index (Phi) is 3.26. The van der Waals surface area contributed by atoms with Crippen LogP contribution in [0.1, 0.15) is 26.7 Å². The van der Waals surface area contributed by atoms with Crippen molar-refractivity contribution in [2.75, 3.05) is 19.6 Å². The van der Waals surface area contributed by atoms with E-state index in [2.05, 4.69) is 13.8 Å². The maximum absolute atomic E-state index is 12.1. The summed E-state index contributed by atoms with van der Waals surface area (Å²) in [7, 11) is 0. The van der Waals surface area contributed by atoms with Crippen LogP contribution in [-0.2, 0) is 4.79 Å². The molecule has 2 unspecified atom stereocenters. The topological polar surface area (TPSA) is 60.9 Å². The Morgan fingerprint density at radius 2 is 1.88 bits per heavy atom. The van der Waals surface area contributed by atoms with Crippen molar-refractivity contribution >= 4 is 12.0 Å². The van der Waals surface area contributed by atoms with E-state index in [1.807, 2.05) is 4.90 Å². The quantitative estimate of drug-likeness (QED) is 0.750. The third kappa shape index (κ3) is 2.37. The van der Waals surface area contributed by atoms with Crippen molar-refractivity contribution in [3.05, 3.63) is 0 Å². The lowest BCUT2D eigenvalue weighted by molar-refractivity contribution is -0.146. The normalized spacial score (nSPS) is 30.0. The molecule has 2 amide bonds. The molecule has 2 aliphatic heterocycles. The van der Waals surface area contributed by atoms with Gasteiger partial charge >= 0.3 is 12.0 Å². The van der Waals surface area contributed by atoms with Crippen LogP contribution in [0.4, 0.5) is 4.79 Å².